The Balaban J connectivity index is 1.96. The first-order valence-corrected chi connectivity index (χ1v) is 6.47. The Morgan fingerprint density at radius 1 is 1.57 bits per heavy atom. The molecule has 1 rings (SSSR count). The molecule has 0 saturated carbocycles. The van der Waals surface area contributed by atoms with Crippen LogP contribution in [0.1, 0.15) is 6.42 Å². The second-order valence-corrected chi connectivity index (χ2v) is 4.92. The molecular formula is C9H18N2OS2. The van der Waals surface area contributed by atoms with Gasteiger partial charge in [0, 0.05) is 20.2 Å². The number of methoxy groups -OCH3 is 1. The van der Waals surface area contributed by atoms with Gasteiger partial charge in [-0.3, -0.25) is 0 Å². The fourth-order valence-electron chi connectivity index (χ4n) is 1.31. The highest BCUT2D eigenvalue weighted by atomic mass is 32.2. The van der Waals surface area contributed by atoms with Gasteiger partial charge in [0.05, 0.1) is 6.61 Å². The molecule has 3 nitrogen and oxygen atoms in total. The third kappa shape index (κ3) is 5.02. The molecule has 0 aromatic heterocycles. The number of thiocarbonyl (C=S) groups is 1. The average molecular weight is 234 g/mol. The van der Waals surface area contributed by atoms with E-state index in [-0.39, 0.29) is 0 Å². The molecule has 82 valence electrons. The summed E-state index contributed by atoms with van der Waals surface area (Å²) in [7, 11) is 1.69. The van der Waals surface area contributed by atoms with Crippen molar-refractivity contribution < 1.29 is 4.74 Å². The van der Waals surface area contributed by atoms with Crippen molar-refractivity contribution in [3.05, 3.63) is 0 Å². The van der Waals surface area contributed by atoms with Crippen LogP contribution in [0.4, 0.5) is 0 Å². The number of hydrogen-bond donors (Lipinski definition) is 2. The number of ether oxygens (including phenoxy) is 1. The van der Waals surface area contributed by atoms with E-state index in [9.17, 15) is 0 Å². The molecular weight excluding hydrogens is 216 g/mol. The van der Waals surface area contributed by atoms with Crippen LogP contribution in [0.25, 0.3) is 0 Å². The minimum atomic E-state index is 0.696. The van der Waals surface area contributed by atoms with Crippen molar-refractivity contribution in [2.24, 2.45) is 5.92 Å². The summed E-state index contributed by atoms with van der Waals surface area (Å²) in [5.41, 5.74) is 0. The van der Waals surface area contributed by atoms with E-state index in [2.05, 4.69) is 10.6 Å². The maximum Gasteiger partial charge on any atom is 0.166 e. The molecule has 1 aliphatic rings. The second-order valence-electron chi connectivity index (χ2n) is 3.36. The number of rotatable bonds is 5. The van der Waals surface area contributed by atoms with Crippen LogP contribution in [0.15, 0.2) is 0 Å². The first kappa shape index (κ1) is 12.1. The van der Waals surface area contributed by atoms with Crippen molar-refractivity contribution in [2.45, 2.75) is 6.42 Å². The predicted molar refractivity (Wildman–Crippen MR) is 65.9 cm³/mol. The van der Waals surface area contributed by atoms with Gasteiger partial charge < -0.3 is 15.4 Å². The van der Waals surface area contributed by atoms with E-state index in [0.717, 1.165) is 24.1 Å². The molecule has 1 heterocycles. The first-order valence-electron chi connectivity index (χ1n) is 4.91. The molecule has 1 fully saturated rings. The lowest BCUT2D eigenvalue weighted by atomic mass is 10.1. The number of hydrogen-bond acceptors (Lipinski definition) is 3. The fourth-order valence-corrected chi connectivity index (χ4v) is 2.78. The van der Waals surface area contributed by atoms with Gasteiger partial charge >= 0.3 is 0 Å². The van der Waals surface area contributed by atoms with Crippen LogP contribution in [0, 0.1) is 5.92 Å². The largest absolute Gasteiger partial charge is 0.383 e. The van der Waals surface area contributed by atoms with E-state index in [1.807, 2.05) is 11.8 Å². The summed E-state index contributed by atoms with van der Waals surface area (Å²) in [5, 5.41) is 7.08. The van der Waals surface area contributed by atoms with Crippen LogP contribution in [-0.4, -0.2) is 43.4 Å². The average Bonchev–Trinajstić information content (AvgIpc) is 2.68. The van der Waals surface area contributed by atoms with Crippen LogP contribution in [0.2, 0.25) is 0 Å². The fraction of sp³-hybridized carbons (Fsp3) is 0.889. The van der Waals surface area contributed by atoms with E-state index in [1.165, 1.54) is 17.9 Å². The lowest BCUT2D eigenvalue weighted by molar-refractivity contribution is 0.204. The van der Waals surface area contributed by atoms with E-state index in [4.69, 9.17) is 17.0 Å². The number of thioether (sulfide) groups is 1. The number of nitrogens with one attached hydrogen (secondary N) is 2. The zero-order valence-corrected chi connectivity index (χ0v) is 10.2. The van der Waals surface area contributed by atoms with Crippen LogP contribution >= 0.6 is 24.0 Å². The van der Waals surface area contributed by atoms with E-state index < -0.39 is 0 Å². The molecule has 0 bridgehead atoms. The summed E-state index contributed by atoms with van der Waals surface area (Å²) in [6.45, 7) is 2.48. The summed E-state index contributed by atoms with van der Waals surface area (Å²) < 4.78 is 4.92. The Morgan fingerprint density at radius 2 is 2.43 bits per heavy atom. The first-order chi connectivity index (χ1) is 6.83. The molecule has 0 aliphatic carbocycles. The Labute approximate surface area is 95.3 Å². The van der Waals surface area contributed by atoms with Crippen molar-refractivity contribution >= 4 is 29.1 Å². The molecule has 5 heteroatoms. The van der Waals surface area contributed by atoms with Crippen molar-refractivity contribution in [1.82, 2.24) is 10.6 Å². The molecule has 0 radical (unpaired) electrons. The molecule has 14 heavy (non-hydrogen) atoms. The van der Waals surface area contributed by atoms with Gasteiger partial charge in [0.1, 0.15) is 0 Å². The Hall–Kier alpha value is 0. The SMILES string of the molecule is COCCNC(=S)NCC1CCSC1. The lowest BCUT2D eigenvalue weighted by Crippen LogP contribution is -2.39. The standard InChI is InChI=1S/C9H18N2OS2/c1-12-4-3-10-9(13)11-6-8-2-5-14-7-8/h8H,2-7H2,1H3,(H2,10,11,13). The molecule has 0 spiro atoms. The van der Waals surface area contributed by atoms with Gasteiger partial charge in [-0.25, -0.2) is 0 Å². The highest BCUT2D eigenvalue weighted by Crippen LogP contribution is 2.22. The van der Waals surface area contributed by atoms with Crippen molar-refractivity contribution in [2.75, 3.05) is 38.3 Å². The maximum absolute atomic E-state index is 5.12. The normalized spacial score (nSPS) is 20.8. The summed E-state index contributed by atoms with van der Waals surface area (Å²) in [4.78, 5) is 0. The Kier molecular flexibility index (Phi) is 6.31. The van der Waals surface area contributed by atoms with Gasteiger partial charge in [0.15, 0.2) is 5.11 Å². The monoisotopic (exact) mass is 234 g/mol. The minimum Gasteiger partial charge on any atom is -0.383 e. The van der Waals surface area contributed by atoms with E-state index in [1.54, 1.807) is 7.11 Å². The van der Waals surface area contributed by atoms with Gasteiger partial charge in [-0.05, 0) is 36.1 Å². The summed E-state index contributed by atoms with van der Waals surface area (Å²) in [6, 6.07) is 0. The second kappa shape index (κ2) is 7.31. The zero-order chi connectivity index (χ0) is 10.2. The Bertz CT molecular complexity index is 172. The van der Waals surface area contributed by atoms with E-state index in [0.29, 0.717) is 6.61 Å². The maximum atomic E-state index is 5.12. The van der Waals surface area contributed by atoms with Crippen LogP contribution < -0.4 is 10.6 Å². The molecule has 1 saturated heterocycles. The molecule has 2 N–H and O–H groups in total. The van der Waals surface area contributed by atoms with Gasteiger partial charge in [-0.1, -0.05) is 0 Å². The third-order valence-corrected chi connectivity index (χ3v) is 3.69. The quantitative estimate of drug-likeness (QED) is 0.544. The summed E-state index contributed by atoms with van der Waals surface area (Å²) in [5.74, 6) is 3.37. The summed E-state index contributed by atoms with van der Waals surface area (Å²) >= 11 is 7.15. The molecule has 0 aromatic rings. The highest BCUT2D eigenvalue weighted by molar-refractivity contribution is 7.99. The van der Waals surface area contributed by atoms with Crippen LogP contribution in [-0.2, 0) is 4.74 Å². The van der Waals surface area contributed by atoms with Crippen LogP contribution in [0.5, 0.6) is 0 Å². The topological polar surface area (TPSA) is 33.3 Å². The van der Waals surface area contributed by atoms with Crippen LogP contribution in [0.3, 0.4) is 0 Å². The smallest absolute Gasteiger partial charge is 0.166 e. The molecule has 1 aliphatic heterocycles. The van der Waals surface area contributed by atoms with Gasteiger partial charge in [0.25, 0.3) is 0 Å². The van der Waals surface area contributed by atoms with Crippen molar-refractivity contribution in [3.8, 4) is 0 Å². The Morgan fingerprint density at radius 3 is 3.07 bits per heavy atom. The van der Waals surface area contributed by atoms with Gasteiger partial charge in [-0.2, -0.15) is 11.8 Å². The zero-order valence-electron chi connectivity index (χ0n) is 8.54. The lowest BCUT2D eigenvalue weighted by Gasteiger charge is -2.13. The molecule has 0 aromatic carbocycles. The van der Waals surface area contributed by atoms with E-state index >= 15 is 0 Å². The van der Waals surface area contributed by atoms with Gasteiger partial charge in [0.2, 0.25) is 0 Å². The predicted octanol–water partition coefficient (Wildman–Crippen LogP) is 0.850. The molecule has 0 amide bonds. The minimum absolute atomic E-state index is 0.696. The summed E-state index contributed by atoms with van der Waals surface area (Å²) in [6.07, 6.45) is 1.32. The van der Waals surface area contributed by atoms with Crippen molar-refractivity contribution in [1.29, 1.82) is 0 Å². The third-order valence-electron chi connectivity index (χ3n) is 2.17. The van der Waals surface area contributed by atoms with Gasteiger partial charge in [-0.15, -0.1) is 0 Å². The molecule has 1 unspecified atom stereocenters. The van der Waals surface area contributed by atoms with Crippen molar-refractivity contribution in [3.63, 3.8) is 0 Å². The molecule has 1 atom stereocenters. The highest BCUT2D eigenvalue weighted by Gasteiger charge is 2.14.